The number of methoxy groups -OCH3 is 1. The van der Waals surface area contributed by atoms with Gasteiger partial charge in [0.15, 0.2) is 5.43 Å². The van der Waals surface area contributed by atoms with Crippen molar-refractivity contribution in [3.8, 4) is 0 Å². The average molecular weight is 350 g/mol. The average Bonchev–Trinajstić information content (AvgIpc) is 2.98. The Labute approximate surface area is 146 Å². The van der Waals surface area contributed by atoms with Crippen LogP contribution in [0.2, 0.25) is 0 Å². The van der Waals surface area contributed by atoms with Gasteiger partial charge in [-0.1, -0.05) is 0 Å². The fraction of sp³-hybridized carbons (Fsp3) is 0.667. The molecule has 25 heavy (non-hydrogen) atoms. The molecule has 7 heteroatoms. The Morgan fingerprint density at radius 2 is 2.28 bits per heavy atom. The van der Waals surface area contributed by atoms with Crippen molar-refractivity contribution in [2.75, 3.05) is 26.9 Å². The molecule has 1 aliphatic heterocycles. The molecule has 1 aliphatic carbocycles. The maximum Gasteiger partial charge on any atom is 0.259 e. The van der Waals surface area contributed by atoms with Gasteiger partial charge in [0.25, 0.3) is 5.91 Å². The highest BCUT2D eigenvalue weighted by Crippen LogP contribution is 2.43. The van der Waals surface area contributed by atoms with Crippen LogP contribution in [0.5, 0.6) is 0 Å². The first-order valence-corrected chi connectivity index (χ1v) is 8.78. The third kappa shape index (κ3) is 3.36. The van der Waals surface area contributed by atoms with Crippen LogP contribution >= 0.6 is 0 Å². The molecule has 0 radical (unpaired) electrons. The summed E-state index contributed by atoms with van der Waals surface area (Å²) in [6, 6.07) is 1.32. The molecule has 1 aromatic rings. The summed E-state index contributed by atoms with van der Waals surface area (Å²) in [5.41, 5.74) is 0.256. The molecular weight excluding hydrogens is 324 g/mol. The number of likely N-dealkylation sites (tertiary alicyclic amines) is 1. The number of aromatic amines is 1. The summed E-state index contributed by atoms with van der Waals surface area (Å²) >= 11 is 0. The van der Waals surface area contributed by atoms with Crippen molar-refractivity contribution < 1.29 is 19.4 Å². The summed E-state index contributed by atoms with van der Waals surface area (Å²) in [7, 11) is 1.69. The minimum Gasteiger partial charge on any atom is -0.394 e. The van der Waals surface area contributed by atoms with Gasteiger partial charge in [-0.2, -0.15) is 0 Å². The molecule has 138 valence electrons. The van der Waals surface area contributed by atoms with E-state index in [1.807, 2.05) is 0 Å². The number of fused-ring (bicyclic) bond motifs is 1. The lowest BCUT2D eigenvalue weighted by molar-refractivity contribution is -0.0992. The Kier molecular flexibility index (Phi) is 5.27. The van der Waals surface area contributed by atoms with Crippen LogP contribution in [0, 0.1) is 6.92 Å². The number of rotatable bonds is 5. The predicted molar refractivity (Wildman–Crippen MR) is 91.7 cm³/mol. The molecule has 1 saturated heterocycles. The standard InChI is InChI=1S/C18H26N2O5/c1-12-9-15(22)14(11-19-12)17(23)20-6-5-18(24-2)4-3-13(10-16(18)20)25-8-7-21/h9,11,13,16,21H,3-8,10H2,1-2H3,(H,19,22)/t13-,16-,18+/m0/s1. The fourth-order valence-electron chi connectivity index (χ4n) is 4.17. The summed E-state index contributed by atoms with van der Waals surface area (Å²) in [4.78, 5) is 29.9. The molecule has 0 unspecified atom stereocenters. The van der Waals surface area contributed by atoms with Crippen LogP contribution < -0.4 is 5.43 Å². The third-order valence-corrected chi connectivity index (χ3v) is 5.53. The summed E-state index contributed by atoms with van der Waals surface area (Å²) in [5, 5.41) is 8.97. The number of H-pyrrole nitrogens is 1. The number of pyridine rings is 1. The zero-order valence-electron chi connectivity index (χ0n) is 14.8. The SMILES string of the molecule is CO[C@@]12CC[C@H](OCCO)C[C@@H]1N(C(=O)c1c[nH]c(C)cc1=O)CC2. The van der Waals surface area contributed by atoms with Crippen LogP contribution in [0.15, 0.2) is 17.1 Å². The number of nitrogens with zero attached hydrogens (tertiary/aromatic N) is 1. The van der Waals surface area contributed by atoms with Gasteiger partial charge in [-0.05, 0) is 32.6 Å². The quantitative estimate of drug-likeness (QED) is 0.821. The molecule has 1 aromatic heterocycles. The normalized spacial score (nSPS) is 28.8. The van der Waals surface area contributed by atoms with Crippen LogP contribution in [0.3, 0.4) is 0 Å². The van der Waals surface area contributed by atoms with E-state index in [0.29, 0.717) is 19.6 Å². The maximum atomic E-state index is 13.0. The molecule has 3 atom stereocenters. The van der Waals surface area contributed by atoms with Crippen molar-refractivity contribution in [3.05, 3.63) is 33.7 Å². The largest absolute Gasteiger partial charge is 0.394 e. The molecule has 0 spiro atoms. The molecule has 1 amide bonds. The van der Waals surface area contributed by atoms with Gasteiger partial charge in [0.2, 0.25) is 0 Å². The van der Waals surface area contributed by atoms with Gasteiger partial charge < -0.3 is 24.5 Å². The number of nitrogens with one attached hydrogen (secondary N) is 1. The lowest BCUT2D eigenvalue weighted by atomic mass is 9.79. The minimum atomic E-state index is -0.369. The number of carbonyl (C=O) groups excluding carboxylic acids is 1. The second-order valence-corrected chi connectivity index (χ2v) is 6.92. The number of amides is 1. The highest BCUT2D eigenvalue weighted by atomic mass is 16.5. The molecule has 0 aromatic carbocycles. The van der Waals surface area contributed by atoms with Crippen molar-refractivity contribution in [2.24, 2.45) is 0 Å². The Balaban J connectivity index is 1.83. The number of ether oxygens (including phenoxy) is 2. The number of aliphatic hydroxyl groups excluding tert-OH is 1. The lowest BCUT2D eigenvalue weighted by Crippen LogP contribution is -2.53. The molecule has 2 N–H and O–H groups in total. The predicted octanol–water partition coefficient (Wildman–Crippen LogP) is 0.844. The Bertz CT molecular complexity index is 688. The van der Waals surface area contributed by atoms with E-state index < -0.39 is 0 Å². The summed E-state index contributed by atoms with van der Waals surface area (Å²) in [5.74, 6) is -0.256. The van der Waals surface area contributed by atoms with E-state index in [1.54, 1.807) is 18.9 Å². The number of aliphatic hydroxyl groups is 1. The maximum absolute atomic E-state index is 13.0. The number of aromatic nitrogens is 1. The van der Waals surface area contributed by atoms with Crippen LogP contribution in [-0.2, 0) is 9.47 Å². The molecule has 3 rings (SSSR count). The Hall–Kier alpha value is -1.70. The topological polar surface area (TPSA) is 91.9 Å². The van der Waals surface area contributed by atoms with Crippen molar-refractivity contribution in [1.29, 1.82) is 0 Å². The van der Waals surface area contributed by atoms with E-state index >= 15 is 0 Å². The minimum absolute atomic E-state index is 0.00914. The molecule has 2 heterocycles. The van der Waals surface area contributed by atoms with Crippen LogP contribution in [0.25, 0.3) is 0 Å². The van der Waals surface area contributed by atoms with Gasteiger partial charge >= 0.3 is 0 Å². The van der Waals surface area contributed by atoms with E-state index in [-0.39, 0.29) is 41.3 Å². The number of aryl methyl sites for hydroxylation is 1. The zero-order chi connectivity index (χ0) is 18.0. The van der Waals surface area contributed by atoms with Gasteiger partial charge in [-0.15, -0.1) is 0 Å². The van der Waals surface area contributed by atoms with Crippen LogP contribution in [0.4, 0.5) is 0 Å². The Morgan fingerprint density at radius 1 is 1.48 bits per heavy atom. The van der Waals surface area contributed by atoms with Crippen molar-refractivity contribution in [3.63, 3.8) is 0 Å². The summed E-state index contributed by atoms with van der Waals surface area (Å²) in [6.45, 7) is 2.63. The first-order valence-electron chi connectivity index (χ1n) is 8.78. The van der Waals surface area contributed by atoms with Crippen LogP contribution in [0.1, 0.15) is 41.7 Å². The van der Waals surface area contributed by atoms with Gasteiger partial charge in [-0.3, -0.25) is 9.59 Å². The van der Waals surface area contributed by atoms with Gasteiger partial charge in [0.05, 0.1) is 31.0 Å². The van der Waals surface area contributed by atoms with E-state index in [1.165, 1.54) is 12.3 Å². The first kappa shape index (κ1) is 18.1. The van der Waals surface area contributed by atoms with E-state index in [9.17, 15) is 9.59 Å². The van der Waals surface area contributed by atoms with Gasteiger partial charge in [-0.25, -0.2) is 0 Å². The molecular formula is C18H26N2O5. The second kappa shape index (κ2) is 7.27. The third-order valence-electron chi connectivity index (χ3n) is 5.53. The summed E-state index contributed by atoms with van der Waals surface area (Å²) in [6.07, 6.45) is 4.55. The van der Waals surface area contributed by atoms with Crippen molar-refractivity contribution in [1.82, 2.24) is 9.88 Å². The molecule has 2 aliphatic rings. The highest BCUT2D eigenvalue weighted by Gasteiger charge is 2.53. The molecule has 2 fully saturated rings. The number of carbonyl (C=O) groups is 1. The Morgan fingerprint density at radius 3 is 2.96 bits per heavy atom. The fourth-order valence-corrected chi connectivity index (χ4v) is 4.17. The van der Waals surface area contributed by atoms with Gasteiger partial charge in [0, 0.05) is 31.6 Å². The second-order valence-electron chi connectivity index (χ2n) is 6.92. The van der Waals surface area contributed by atoms with Crippen LogP contribution in [-0.4, -0.2) is 65.5 Å². The molecule has 1 saturated carbocycles. The first-order chi connectivity index (χ1) is 12.0. The lowest BCUT2D eigenvalue weighted by Gasteiger charge is -2.43. The van der Waals surface area contributed by atoms with E-state index in [0.717, 1.165) is 25.0 Å². The number of hydrogen-bond acceptors (Lipinski definition) is 5. The number of hydrogen-bond donors (Lipinski definition) is 2. The zero-order valence-corrected chi connectivity index (χ0v) is 14.8. The smallest absolute Gasteiger partial charge is 0.259 e. The van der Waals surface area contributed by atoms with Crippen molar-refractivity contribution in [2.45, 2.75) is 50.4 Å². The van der Waals surface area contributed by atoms with E-state index in [2.05, 4.69) is 4.98 Å². The molecule has 0 bridgehead atoms. The monoisotopic (exact) mass is 350 g/mol. The van der Waals surface area contributed by atoms with Gasteiger partial charge in [0.1, 0.15) is 5.56 Å². The van der Waals surface area contributed by atoms with Crippen molar-refractivity contribution >= 4 is 5.91 Å². The van der Waals surface area contributed by atoms with E-state index in [4.69, 9.17) is 14.6 Å². The molecule has 7 nitrogen and oxygen atoms in total. The summed E-state index contributed by atoms with van der Waals surface area (Å²) < 4.78 is 11.5. The highest BCUT2D eigenvalue weighted by molar-refractivity contribution is 5.94.